The Labute approximate surface area is 203 Å². The lowest BCUT2D eigenvalue weighted by Gasteiger charge is -2.09. The fourth-order valence-corrected chi connectivity index (χ4v) is 3.36. The Hall–Kier alpha value is -4.00. The van der Waals surface area contributed by atoms with E-state index in [-0.39, 0.29) is 5.69 Å². The molecule has 0 saturated heterocycles. The molecule has 1 aromatic heterocycles. The first kappa shape index (κ1) is 24.6. The summed E-state index contributed by atoms with van der Waals surface area (Å²) in [6.07, 6.45) is 2.26. The zero-order valence-electron chi connectivity index (χ0n) is 18.8. The fraction of sp³-hybridized carbons (Fsp3) is 0.0741. The summed E-state index contributed by atoms with van der Waals surface area (Å²) in [5, 5.41) is 12.0. The number of aliphatic hydroxyl groups excluding tert-OH is 1. The number of carbonyl (C=O) groups excluding carboxylic acids is 1. The highest BCUT2D eigenvalue weighted by Gasteiger charge is 2.07. The number of rotatable bonds is 5. The van der Waals surface area contributed by atoms with E-state index in [1.165, 1.54) is 0 Å². The highest BCUT2D eigenvalue weighted by molar-refractivity contribution is 6.30. The van der Waals surface area contributed by atoms with Crippen LogP contribution in [0.1, 0.15) is 10.5 Å². The quantitative estimate of drug-likeness (QED) is 0.352. The van der Waals surface area contributed by atoms with Crippen molar-refractivity contribution in [3.8, 4) is 34.0 Å². The molecule has 0 atom stereocenters. The maximum atomic E-state index is 11.4. The van der Waals surface area contributed by atoms with E-state index in [4.69, 9.17) is 21.4 Å². The lowest BCUT2D eigenvalue weighted by Crippen LogP contribution is -2.01. The molecule has 6 nitrogen and oxygen atoms in total. The Kier molecular flexibility index (Phi) is 8.91. The Morgan fingerprint density at radius 2 is 1.56 bits per heavy atom. The Morgan fingerprint density at radius 3 is 2.24 bits per heavy atom. The van der Waals surface area contributed by atoms with Gasteiger partial charge in [0.05, 0.1) is 11.4 Å². The summed E-state index contributed by atoms with van der Waals surface area (Å²) >= 11 is 6.19. The number of aromatic nitrogens is 3. The lowest BCUT2D eigenvalue weighted by molar-refractivity contribution is 0.111. The van der Waals surface area contributed by atoms with Gasteiger partial charge in [-0.3, -0.25) is 14.5 Å². The van der Waals surface area contributed by atoms with E-state index < -0.39 is 0 Å². The van der Waals surface area contributed by atoms with Gasteiger partial charge in [-0.15, -0.1) is 0 Å². The third-order valence-corrected chi connectivity index (χ3v) is 4.95. The van der Waals surface area contributed by atoms with Crippen molar-refractivity contribution in [3.63, 3.8) is 0 Å². The second kappa shape index (κ2) is 12.3. The SMILES string of the molecule is CO.Cn1nc(C=O)ccnc(-c2cccc(Cl)c2)cc1-c1ccc(Oc2ccccc2)cc1. The highest BCUT2D eigenvalue weighted by Crippen LogP contribution is 2.27. The van der Waals surface area contributed by atoms with Gasteiger partial charge in [-0.25, -0.2) is 0 Å². The van der Waals surface area contributed by atoms with Crippen LogP contribution in [0.3, 0.4) is 0 Å². The van der Waals surface area contributed by atoms with Crippen LogP contribution in [0, 0.1) is 0 Å². The molecule has 0 fully saturated rings. The molecule has 0 aliphatic heterocycles. The Morgan fingerprint density at radius 1 is 0.853 bits per heavy atom. The first-order valence-electron chi connectivity index (χ1n) is 10.4. The standard InChI is InChI=1S/C26H20ClN3O2.CH4O/c1-30-26(19-10-12-24(13-11-19)32-23-8-3-2-4-9-23)17-25(20-6-5-7-21(27)16-20)28-15-14-22(18-31)29-30;1-2/h2-18H,1H3;2H,1H3. The van der Waals surface area contributed by atoms with Crippen LogP contribution >= 0.6 is 11.6 Å². The molecule has 0 unspecified atom stereocenters. The first-order valence-corrected chi connectivity index (χ1v) is 10.8. The van der Waals surface area contributed by atoms with Crippen molar-refractivity contribution >= 4 is 17.9 Å². The van der Waals surface area contributed by atoms with Gasteiger partial charge < -0.3 is 9.84 Å². The van der Waals surface area contributed by atoms with E-state index in [0.717, 1.165) is 29.7 Å². The number of para-hydroxylation sites is 1. The molecular formula is C27H24ClN3O3. The highest BCUT2D eigenvalue weighted by atomic mass is 35.5. The van der Waals surface area contributed by atoms with Gasteiger partial charge in [0, 0.05) is 36.5 Å². The van der Waals surface area contributed by atoms with Crippen molar-refractivity contribution < 1.29 is 14.6 Å². The van der Waals surface area contributed by atoms with Gasteiger partial charge in [-0.1, -0.05) is 41.9 Å². The molecule has 0 aliphatic carbocycles. The van der Waals surface area contributed by atoms with Gasteiger partial charge in [0.15, 0.2) is 6.29 Å². The van der Waals surface area contributed by atoms with Crippen LogP contribution in [-0.4, -0.2) is 33.3 Å². The number of aryl methyl sites for hydroxylation is 1. The number of hydrogen-bond donors (Lipinski definition) is 1. The molecule has 0 amide bonds. The average Bonchev–Trinajstić information content (AvgIpc) is 2.95. The number of halogens is 1. The molecule has 3 aromatic carbocycles. The number of carbonyl (C=O) groups is 1. The number of aliphatic hydroxyl groups is 1. The molecule has 1 N–H and O–H groups in total. The third-order valence-electron chi connectivity index (χ3n) is 4.72. The predicted molar refractivity (Wildman–Crippen MR) is 135 cm³/mol. The molecule has 4 aromatic rings. The predicted octanol–water partition coefficient (Wildman–Crippen LogP) is 6.14. The van der Waals surface area contributed by atoms with Crippen LogP contribution in [0.5, 0.6) is 11.5 Å². The molecule has 4 rings (SSSR count). The van der Waals surface area contributed by atoms with E-state index >= 15 is 0 Å². The Bertz CT molecular complexity index is 1290. The van der Waals surface area contributed by atoms with E-state index in [2.05, 4.69) is 10.1 Å². The van der Waals surface area contributed by atoms with Crippen molar-refractivity contribution in [2.75, 3.05) is 7.11 Å². The molecule has 0 saturated carbocycles. The van der Waals surface area contributed by atoms with E-state index in [9.17, 15) is 4.79 Å². The van der Waals surface area contributed by atoms with E-state index in [1.54, 1.807) is 24.0 Å². The zero-order chi connectivity index (χ0) is 24.3. The van der Waals surface area contributed by atoms with E-state index in [1.807, 2.05) is 84.9 Å². The molecule has 0 radical (unpaired) electrons. The minimum Gasteiger partial charge on any atom is -0.457 e. The molecule has 0 spiro atoms. The number of nitrogens with zero attached hydrogens (tertiary/aromatic N) is 3. The minimum absolute atomic E-state index is 0.263. The number of ether oxygens (including phenoxy) is 1. The number of hydrogen-bond acceptors (Lipinski definition) is 5. The maximum absolute atomic E-state index is 11.4. The monoisotopic (exact) mass is 473 g/mol. The third kappa shape index (κ3) is 6.51. The van der Waals surface area contributed by atoms with Gasteiger partial charge in [0.2, 0.25) is 0 Å². The van der Waals surface area contributed by atoms with Crippen LogP contribution in [0.2, 0.25) is 5.02 Å². The van der Waals surface area contributed by atoms with Crippen LogP contribution in [-0.2, 0) is 7.05 Å². The minimum atomic E-state index is 0.263. The Balaban J connectivity index is 0.00000158. The zero-order valence-corrected chi connectivity index (χ0v) is 19.6. The van der Waals surface area contributed by atoms with Crippen LogP contribution in [0.4, 0.5) is 0 Å². The van der Waals surface area contributed by atoms with Gasteiger partial charge in [0.25, 0.3) is 0 Å². The van der Waals surface area contributed by atoms with Crippen LogP contribution < -0.4 is 4.74 Å². The van der Waals surface area contributed by atoms with Crippen molar-refractivity contribution in [1.29, 1.82) is 0 Å². The fourth-order valence-electron chi connectivity index (χ4n) is 3.17. The summed E-state index contributed by atoms with van der Waals surface area (Å²) in [7, 11) is 2.79. The molecular weight excluding hydrogens is 450 g/mol. The smallest absolute Gasteiger partial charge is 0.170 e. The van der Waals surface area contributed by atoms with Crippen molar-refractivity contribution in [3.05, 3.63) is 108 Å². The lowest BCUT2D eigenvalue weighted by atomic mass is 10.1. The molecule has 172 valence electrons. The summed E-state index contributed by atoms with van der Waals surface area (Å²) in [6, 6.07) is 28.2. The normalized spacial score (nSPS) is 9.88. The van der Waals surface area contributed by atoms with Gasteiger partial charge >= 0.3 is 0 Å². The van der Waals surface area contributed by atoms with E-state index in [0.29, 0.717) is 22.8 Å². The maximum Gasteiger partial charge on any atom is 0.170 e. The average molecular weight is 474 g/mol. The van der Waals surface area contributed by atoms with Crippen molar-refractivity contribution in [2.24, 2.45) is 7.05 Å². The summed E-state index contributed by atoms with van der Waals surface area (Å²) in [4.78, 5) is 16.0. The summed E-state index contributed by atoms with van der Waals surface area (Å²) in [6.45, 7) is 0. The summed E-state index contributed by atoms with van der Waals surface area (Å²) in [5.41, 5.74) is 3.46. The topological polar surface area (TPSA) is 77.2 Å². The van der Waals surface area contributed by atoms with Gasteiger partial charge in [-0.05, 0) is 60.7 Å². The van der Waals surface area contributed by atoms with Crippen LogP contribution in [0.25, 0.3) is 22.5 Å². The first-order chi connectivity index (χ1) is 16.6. The summed E-state index contributed by atoms with van der Waals surface area (Å²) in [5.74, 6) is 1.48. The van der Waals surface area contributed by atoms with Crippen molar-refractivity contribution in [1.82, 2.24) is 14.8 Å². The molecule has 0 bridgehead atoms. The molecule has 7 heteroatoms. The van der Waals surface area contributed by atoms with Gasteiger partial charge in [-0.2, -0.15) is 5.10 Å². The second-order valence-corrected chi connectivity index (χ2v) is 7.41. The number of benzene rings is 3. The molecule has 34 heavy (non-hydrogen) atoms. The summed E-state index contributed by atoms with van der Waals surface area (Å²) < 4.78 is 7.55. The number of aldehydes is 1. The molecule has 0 aliphatic rings. The molecule has 1 heterocycles. The second-order valence-electron chi connectivity index (χ2n) is 6.98. The van der Waals surface area contributed by atoms with Crippen LogP contribution in [0.15, 0.2) is 97.2 Å². The van der Waals surface area contributed by atoms with Gasteiger partial charge in [0.1, 0.15) is 17.2 Å². The van der Waals surface area contributed by atoms with Crippen molar-refractivity contribution in [2.45, 2.75) is 0 Å². The largest absolute Gasteiger partial charge is 0.457 e.